The third kappa shape index (κ3) is 3.18. The normalized spacial score (nSPS) is 19.5. The topological polar surface area (TPSA) is 85.9 Å². The smallest absolute Gasteiger partial charge is 0.243 e. The summed E-state index contributed by atoms with van der Waals surface area (Å²) < 4.78 is 5.31. The zero-order valence-corrected chi connectivity index (χ0v) is 14.0. The Labute approximate surface area is 139 Å². The number of carbonyl (C=O) groups excluding carboxylic acids is 1. The van der Waals surface area contributed by atoms with Crippen molar-refractivity contribution in [3.05, 3.63) is 40.4 Å². The van der Waals surface area contributed by atoms with E-state index in [2.05, 4.69) is 11.4 Å². The van der Waals surface area contributed by atoms with Crippen molar-refractivity contribution in [2.24, 2.45) is 11.3 Å². The van der Waals surface area contributed by atoms with E-state index < -0.39 is 11.3 Å². The zero-order chi connectivity index (χ0) is 17.0. The van der Waals surface area contributed by atoms with E-state index in [1.807, 2.05) is 30.3 Å². The molecule has 23 heavy (non-hydrogen) atoms. The van der Waals surface area contributed by atoms with Crippen LogP contribution >= 0.6 is 11.8 Å². The first-order chi connectivity index (χ1) is 11.0. The van der Waals surface area contributed by atoms with Crippen LogP contribution in [0.4, 0.5) is 0 Å². The van der Waals surface area contributed by atoms with Crippen LogP contribution in [0, 0.1) is 34.0 Å². The molecule has 1 amide bonds. The third-order valence-electron chi connectivity index (χ3n) is 3.90. The highest BCUT2D eigenvalue weighted by molar-refractivity contribution is 8.02. The number of nitriles is 2. The Balaban J connectivity index is 2.31. The maximum Gasteiger partial charge on any atom is 0.243 e. The van der Waals surface area contributed by atoms with E-state index in [4.69, 9.17) is 4.74 Å². The fourth-order valence-corrected chi connectivity index (χ4v) is 3.67. The van der Waals surface area contributed by atoms with Crippen molar-refractivity contribution in [2.45, 2.75) is 19.6 Å². The molecular weight excluding hydrogens is 310 g/mol. The Bertz CT molecular complexity index is 741. The first kappa shape index (κ1) is 16.9. The van der Waals surface area contributed by atoms with Gasteiger partial charge in [0.05, 0.1) is 29.9 Å². The van der Waals surface area contributed by atoms with Crippen molar-refractivity contribution in [1.29, 1.82) is 10.5 Å². The molecule has 1 aliphatic rings. The predicted molar refractivity (Wildman–Crippen MR) is 88.0 cm³/mol. The summed E-state index contributed by atoms with van der Waals surface area (Å²) >= 11 is 1.37. The molecule has 1 heterocycles. The van der Waals surface area contributed by atoms with Crippen molar-refractivity contribution >= 4 is 17.7 Å². The summed E-state index contributed by atoms with van der Waals surface area (Å²) in [7, 11) is 1.60. The fourth-order valence-electron chi connectivity index (χ4n) is 2.51. The summed E-state index contributed by atoms with van der Waals surface area (Å²) in [5.74, 6) is 0.0835. The molecule has 2 rings (SSSR count). The van der Waals surface area contributed by atoms with Gasteiger partial charge in [-0.25, -0.2) is 0 Å². The summed E-state index contributed by atoms with van der Waals surface area (Å²) in [6.45, 7) is 3.50. The highest BCUT2D eigenvalue weighted by Gasteiger charge is 2.44. The fraction of sp³-hybridized carbons (Fsp3) is 0.353. The van der Waals surface area contributed by atoms with Crippen molar-refractivity contribution in [3.8, 4) is 17.9 Å². The van der Waals surface area contributed by atoms with Gasteiger partial charge in [0.2, 0.25) is 5.91 Å². The van der Waals surface area contributed by atoms with Crippen LogP contribution in [0.1, 0.15) is 19.4 Å². The molecule has 0 unspecified atom stereocenters. The lowest BCUT2D eigenvalue weighted by Gasteiger charge is -2.34. The first-order valence-corrected chi connectivity index (χ1v) is 8.04. The SMILES string of the molecule is COc1ccccc1CSC1=C(C#N)C(C)(C)[C@@H](C#N)C(=O)N1. The van der Waals surface area contributed by atoms with Crippen LogP contribution < -0.4 is 10.1 Å². The summed E-state index contributed by atoms with van der Waals surface area (Å²) in [5.41, 5.74) is 0.595. The largest absolute Gasteiger partial charge is 0.496 e. The number of hydrogen-bond acceptors (Lipinski definition) is 5. The average molecular weight is 327 g/mol. The number of rotatable bonds is 4. The van der Waals surface area contributed by atoms with Crippen LogP contribution in [0.3, 0.4) is 0 Å². The van der Waals surface area contributed by atoms with Gasteiger partial charge in [-0.3, -0.25) is 4.79 Å². The van der Waals surface area contributed by atoms with E-state index in [1.54, 1.807) is 21.0 Å². The molecule has 0 fully saturated rings. The lowest BCUT2D eigenvalue weighted by Crippen LogP contribution is -2.44. The van der Waals surface area contributed by atoms with Crippen molar-refractivity contribution < 1.29 is 9.53 Å². The quantitative estimate of drug-likeness (QED) is 0.919. The molecule has 118 valence electrons. The molecule has 1 aliphatic heterocycles. The number of carbonyl (C=O) groups is 1. The van der Waals surface area contributed by atoms with Crippen LogP contribution in [-0.4, -0.2) is 13.0 Å². The van der Waals surface area contributed by atoms with Gasteiger partial charge < -0.3 is 10.1 Å². The van der Waals surface area contributed by atoms with Crippen molar-refractivity contribution in [1.82, 2.24) is 5.32 Å². The van der Waals surface area contributed by atoms with Gasteiger partial charge >= 0.3 is 0 Å². The molecule has 1 aromatic carbocycles. The number of thioether (sulfide) groups is 1. The van der Waals surface area contributed by atoms with Crippen LogP contribution in [0.15, 0.2) is 34.9 Å². The number of methoxy groups -OCH3 is 1. The van der Waals surface area contributed by atoms with Crippen LogP contribution in [0.25, 0.3) is 0 Å². The molecule has 1 aromatic rings. The van der Waals surface area contributed by atoms with Gasteiger partial charge in [-0.1, -0.05) is 32.0 Å². The Morgan fingerprint density at radius 2 is 2.04 bits per heavy atom. The summed E-state index contributed by atoms with van der Waals surface area (Å²) in [6, 6.07) is 11.7. The van der Waals surface area contributed by atoms with E-state index in [9.17, 15) is 15.3 Å². The highest BCUT2D eigenvalue weighted by Crippen LogP contribution is 2.42. The molecule has 0 saturated heterocycles. The molecule has 5 nitrogen and oxygen atoms in total. The van der Waals surface area contributed by atoms with Gasteiger partial charge in [-0.15, -0.1) is 11.8 Å². The molecule has 0 aliphatic carbocycles. The number of nitrogens with zero attached hydrogens (tertiary/aromatic N) is 2. The summed E-state index contributed by atoms with van der Waals surface area (Å²) in [5, 5.41) is 21.9. The molecule has 1 N–H and O–H groups in total. The molecule has 6 heteroatoms. The average Bonchev–Trinajstić information content (AvgIpc) is 2.52. The number of benzene rings is 1. The molecule has 0 radical (unpaired) electrons. The van der Waals surface area contributed by atoms with Crippen molar-refractivity contribution in [2.75, 3.05) is 7.11 Å². The second kappa shape index (κ2) is 6.76. The number of para-hydroxylation sites is 1. The Morgan fingerprint density at radius 1 is 1.35 bits per heavy atom. The number of amides is 1. The first-order valence-electron chi connectivity index (χ1n) is 7.05. The Kier molecular flexibility index (Phi) is 4.98. The number of allylic oxidation sites excluding steroid dienone is 1. The molecule has 0 saturated carbocycles. The minimum atomic E-state index is -0.868. The molecule has 1 atom stereocenters. The second-order valence-electron chi connectivity index (χ2n) is 5.69. The molecule has 0 bridgehead atoms. The van der Waals surface area contributed by atoms with Crippen molar-refractivity contribution in [3.63, 3.8) is 0 Å². The van der Waals surface area contributed by atoms with E-state index >= 15 is 0 Å². The highest BCUT2D eigenvalue weighted by atomic mass is 32.2. The maximum absolute atomic E-state index is 12.1. The Morgan fingerprint density at radius 3 is 2.65 bits per heavy atom. The molecular formula is C17H17N3O2S. The van der Waals surface area contributed by atoms with Crippen LogP contribution in [0.2, 0.25) is 0 Å². The summed E-state index contributed by atoms with van der Waals surface area (Å²) in [6.07, 6.45) is 0. The van der Waals surface area contributed by atoms with Gasteiger partial charge in [-0.05, 0) is 6.07 Å². The van der Waals surface area contributed by atoms with E-state index in [1.165, 1.54) is 11.8 Å². The second-order valence-corrected chi connectivity index (χ2v) is 6.68. The predicted octanol–water partition coefficient (Wildman–Crippen LogP) is 2.96. The number of nitrogens with one attached hydrogen (secondary N) is 1. The van der Waals surface area contributed by atoms with Gasteiger partial charge in [-0.2, -0.15) is 10.5 Å². The van der Waals surface area contributed by atoms with Crippen LogP contribution in [-0.2, 0) is 10.5 Å². The molecule has 0 spiro atoms. The monoisotopic (exact) mass is 327 g/mol. The van der Waals surface area contributed by atoms with E-state index in [-0.39, 0.29) is 5.91 Å². The molecule has 0 aromatic heterocycles. The van der Waals surface area contributed by atoms with E-state index in [0.29, 0.717) is 16.4 Å². The number of hydrogen-bond donors (Lipinski definition) is 1. The van der Waals surface area contributed by atoms with Gasteiger partial charge in [0.1, 0.15) is 11.7 Å². The number of ether oxygens (including phenoxy) is 1. The summed E-state index contributed by atoms with van der Waals surface area (Å²) in [4.78, 5) is 12.1. The minimum absolute atomic E-state index is 0.362. The van der Waals surface area contributed by atoms with Gasteiger partial charge in [0.15, 0.2) is 0 Å². The standard InChI is InChI=1S/C17H17N3O2S/c1-17(2)12(8-18)15(21)20-16(13(17)9-19)23-10-11-6-4-5-7-14(11)22-3/h4-7,12H,10H2,1-3H3,(H,20,21)/t12-/m0/s1. The third-order valence-corrected chi connectivity index (χ3v) is 4.95. The lowest BCUT2D eigenvalue weighted by atomic mass is 9.72. The lowest BCUT2D eigenvalue weighted by molar-refractivity contribution is -0.125. The maximum atomic E-state index is 12.1. The Hall–Kier alpha value is -2.44. The van der Waals surface area contributed by atoms with Crippen LogP contribution in [0.5, 0.6) is 5.75 Å². The van der Waals surface area contributed by atoms with E-state index in [0.717, 1.165) is 11.3 Å². The minimum Gasteiger partial charge on any atom is -0.496 e. The van der Waals surface area contributed by atoms with Gasteiger partial charge in [0.25, 0.3) is 0 Å². The van der Waals surface area contributed by atoms with Gasteiger partial charge in [0, 0.05) is 16.7 Å². The zero-order valence-electron chi connectivity index (χ0n) is 13.2.